The Kier molecular flexibility index (Phi) is 1.76. The van der Waals surface area contributed by atoms with E-state index >= 15 is 0 Å². The van der Waals surface area contributed by atoms with Gasteiger partial charge in [0.25, 0.3) is 0 Å². The Bertz CT molecular complexity index is 220. The summed E-state index contributed by atoms with van der Waals surface area (Å²) in [4.78, 5) is 13.0. The van der Waals surface area contributed by atoms with Crippen LogP contribution in [0.4, 0.5) is 5.82 Å². The number of nitrogens with one attached hydrogen (secondary N) is 2. The van der Waals surface area contributed by atoms with Gasteiger partial charge < -0.3 is 10.3 Å². The minimum absolute atomic E-state index is 0.657. The molecule has 0 aliphatic carbocycles. The summed E-state index contributed by atoms with van der Waals surface area (Å²) in [5.41, 5.74) is 2.24. The molecule has 1 aromatic rings. The molecule has 1 rings (SSSR count). The van der Waals surface area contributed by atoms with Crippen LogP contribution in [-0.2, 0) is 4.79 Å². The molecule has 0 saturated heterocycles. The van der Waals surface area contributed by atoms with Crippen molar-refractivity contribution in [3.05, 3.63) is 17.3 Å². The van der Waals surface area contributed by atoms with Crippen molar-refractivity contribution in [3.8, 4) is 0 Å². The highest BCUT2D eigenvalue weighted by molar-refractivity contribution is 5.69. The lowest BCUT2D eigenvalue weighted by Crippen LogP contribution is -1.92. The van der Waals surface area contributed by atoms with E-state index in [0.717, 1.165) is 17.1 Å². The second-order valence-corrected chi connectivity index (χ2v) is 2.25. The van der Waals surface area contributed by atoms with Crippen LogP contribution in [0.15, 0.2) is 6.07 Å². The van der Waals surface area contributed by atoms with Crippen LogP contribution in [-0.4, -0.2) is 11.4 Å². The number of hydrogen-bond acceptors (Lipinski definition) is 1. The van der Waals surface area contributed by atoms with Gasteiger partial charge in [0.2, 0.25) is 6.41 Å². The van der Waals surface area contributed by atoms with Gasteiger partial charge in [-0.3, -0.25) is 4.79 Å². The molecule has 0 bridgehead atoms. The fourth-order valence-corrected chi connectivity index (χ4v) is 0.803. The van der Waals surface area contributed by atoms with Crippen molar-refractivity contribution in [1.82, 2.24) is 4.98 Å². The lowest BCUT2D eigenvalue weighted by atomic mass is 10.3. The van der Waals surface area contributed by atoms with Gasteiger partial charge in [-0.05, 0) is 25.5 Å². The normalized spacial score (nSPS) is 9.40. The predicted molar refractivity (Wildman–Crippen MR) is 40.0 cm³/mol. The SMILES string of the molecule is Cc1cc(NC=O)[nH]c1C. The Balaban J connectivity index is 2.86. The summed E-state index contributed by atoms with van der Waals surface area (Å²) in [6, 6.07) is 1.89. The molecule has 10 heavy (non-hydrogen) atoms. The van der Waals surface area contributed by atoms with Crippen molar-refractivity contribution in [1.29, 1.82) is 0 Å². The summed E-state index contributed by atoms with van der Waals surface area (Å²) in [7, 11) is 0. The number of rotatable bonds is 2. The third-order valence-corrected chi connectivity index (χ3v) is 1.49. The molecule has 1 aromatic heterocycles. The van der Waals surface area contributed by atoms with Gasteiger partial charge >= 0.3 is 0 Å². The van der Waals surface area contributed by atoms with Crippen molar-refractivity contribution in [2.24, 2.45) is 0 Å². The molecular weight excluding hydrogens is 128 g/mol. The smallest absolute Gasteiger partial charge is 0.212 e. The summed E-state index contributed by atoms with van der Waals surface area (Å²) in [6.45, 7) is 3.95. The fraction of sp³-hybridized carbons (Fsp3) is 0.286. The number of carbonyl (C=O) groups is 1. The summed E-state index contributed by atoms with van der Waals surface area (Å²) in [6.07, 6.45) is 0.657. The monoisotopic (exact) mass is 138 g/mol. The molecule has 1 heterocycles. The van der Waals surface area contributed by atoms with Gasteiger partial charge in [0.1, 0.15) is 5.82 Å². The van der Waals surface area contributed by atoms with Crippen molar-refractivity contribution < 1.29 is 4.79 Å². The van der Waals surface area contributed by atoms with E-state index in [4.69, 9.17) is 0 Å². The van der Waals surface area contributed by atoms with Crippen molar-refractivity contribution >= 4 is 12.2 Å². The average molecular weight is 138 g/mol. The first-order valence-electron chi connectivity index (χ1n) is 3.10. The summed E-state index contributed by atoms with van der Waals surface area (Å²) in [5, 5.41) is 2.53. The van der Waals surface area contributed by atoms with Crippen LogP contribution in [0.1, 0.15) is 11.3 Å². The predicted octanol–water partition coefficient (Wildman–Crippen LogP) is 1.20. The zero-order valence-corrected chi connectivity index (χ0v) is 6.06. The third kappa shape index (κ3) is 1.18. The number of H-pyrrole nitrogens is 1. The van der Waals surface area contributed by atoms with E-state index in [1.54, 1.807) is 0 Å². The van der Waals surface area contributed by atoms with Crippen molar-refractivity contribution in [3.63, 3.8) is 0 Å². The molecule has 0 spiro atoms. The molecule has 0 atom stereocenters. The number of carbonyl (C=O) groups excluding carboxylic acids is 1. The third-order valence-electron chi connectivity index (χ3n) is 1.49. The van der Waals surface area contributed by atoms with Crippen LogP contribution < -0.4 is 5.32 Å². The number of aromatic nitrogens is 1. The molecule has 0 aromatic carbocycles. The second-order valence-electron chi connectivity index (χ2n) is 2.25. The molecule has 3 heteroatoms. The van der Waals surface area contributed by atoms with Crippen LogP contribution >= 0.6 is 0 Å². The fourth-order valence-electron chi connectivity index (χ4n) is 0.803. The Labute approximate surface area is 59.4 Å². The summed E-state index contributed by atoms with van der Waals surface area (Å²) in [5.74, 6) is 0.755. The number of aryl methyl sites for hydroxylation is 2. The first kappa shape index (κ1) is 6.86. The summed E-state index contributed by atoms with van der Waals surface area (Å²) < 4.78 is 0. The molecule has 0 aliphatic heterocycles. The maximum Gasteiger partial charge on any atom is 0.212 e. The first-order valence-corrected chi connectivity index (χ1v) is 3.10. The van der Waals surface area contributed by atoms with Gasteiger partial charge in [0.05, 0.1) is 0 Å². The summed E-state index contributed by atoms with van der Waals surface area (Å²) >= 11 is 0. The van der Waals surface area contributed by atoms with Crippen LogP contribution in [0.2, 0.25) is 0 Å². The molecule has 0 fully saturated rings. The average Bonchev–Trinajstić information content (AvgIpc) is 2.14. The van der Waals surface area contributed by atoms with E-state index in [2.05, 4.69) is 10.3 Å². The molecule has 54 valence electrons. The Hall–Kier alpha value is -1.25. The first-order chi connectivity index (χ1) is 4.74. The number of amides is 1. The minimum Gasteiger partial charge on any atom is -0.345 e. The topological polar surface area (TPSA) is 44.9 Å². The maximum absolute atomic E-state index is 9.96. The highest BCUT2D eigenvalue weighted by atomic mass is 16.1. The Morgan fingerprint density at radius 2 is 2.30 bits per heavy atom. The van der Waals surface area contributed by atoms with Gasteiger partial charge in [-0.2, -0.15) is 0 Å². The standard InChI is InChI=1S/C7H10N2O/c1-5-3-7(8-4-10)9-6(5)2/h3-4,9H,1-2H3,(H,8,10). The van der Waals surface area contributed by atoms with Crippen LogP contribution in [0, 0.1) is 13.8 Å². The van der Waals surface area contributed by atoms with Crippen LogP contribution in [0.3, 0.4) is 0 Å². The van der Waals surface area contributed by atoms with Gasteiger partial charge in [-0.15, -0.1) is 0 Å². The highest BCUT2D eigenvalue weighted by Crippen LogP contribution is 2.11. The zero-order valence-electron chi connectivity index (χ0n) is 6.06. The van der Waals surface area contributed by atoms with E-state index in [1.807, 2.05) is 19.9 Å². The number of aromatic amines is 1. The van der Waals surface area contributed by atoms with E-state index in [-0.39, 0.29) is 0 Å². The van der Waals surface area contributed by atoms with Crippen LogP contribution in [0.5, 0.6) is 0 Å². The number of hydrogen-bond donors (Lipinski definition) is 2. The van der Waals surface area contributed by atoms with Crippen molar-refractivity contribution in [2.45, 2.75) is 13.8 Å². The largest absolute Gasteiger partial charge is 0.345 e. The lowest BCUT2D eigenvalue weighted by molar-refractivity contribution is -0.105. The molecule has 0 aliphatic rings. The minimum atomic E-state index is 0.657. The van der Waals surface area contributed by atoms with Gasteiger partial charge in [-0.25, -0.2) is 0 Å². The highest BCUT2D eigenvalue weighted by Gasteiger charge is 1.96. The molecule has 0 radical (unpaired) electrons. The molecule has 1 amide bonds. The lowest BCUT2D eigenvalue weighted by Gasteiger charge is -1.88. The van der Waals surface area contributed by atoms with Gasteiger partial charge in [0, 0.05) is 5.69 Å². The van der Waals surface area contributed by atoms with E-state index in [1.165, 1.54) is 0 Å². The second kappa shape index (κ2) is 2.56. The van der Waals surface area contributed by atoms with E-state index < -0.39 is 0 Å². The molecule has 3 nitrogen and oxygen atoms in total. The van der Waals surface area contributed by atoms with Gasteiger partial charge in [-0.1, -0.05) is 0 Å². The maximum atomic E-state index is 9.96. The number of anilines is 1. The van der Waals surface area contributed by atoms with Gasteiger partial charge in [0.15, 0.2) is 0 Å². The van der Waals surface area contributed by atoms with E-state index in [9.17, 15) is 4.79 Å². The van der Waals surface area contributed by atoms with Crippen LogP contribution in [0.25, 0.3) is 0 Å². The quantitative estimate of drug-likeness (QED) is 0.592. The Morgan fingerprint density at radius 1 is 1.60 bits per heavy atom. The molecular formula is C7H10N2O. The molecule has 2 N–H and O–H groups in total. The zero-order chi connectivity index (χ0) is 7.56. The Morgan fingerprint density at radius 3 is 2.70 bits per heavy atom. The molecule has 0 unspecified atom stereocenters. The van der Waals surface area contributed by atoms with Crippen molar-refractivity contribution in [2.75, 3.05) is 5.32 Å². The molecule has 0 saturated carbocycles. The van der Waals surface area contributed by atoms with E-state index in [0.29, 0.717) is 6.41 Å².